The van der Waals surface area contributed by atoms with Crippen molar-refractivity contribution in [3.05, 3.63) is 53.9 Å². The van der Waals surface area contributed by atoms with Gasteiger partial charge in [0.1, 0.15) is 11.4 Å². The first kappa shape index (κ1) is 18.6. The van der Waals surface area contributed by atoms with E-state index in [0.29, 0.717) is 28.1 Å². The summed E-state index contributed by atoms with van der Waals surface area (Å²) in [6.45, 7) is 1.57. The predicted octanol–water partition coefficient (Wildman–Crippen LogP) is 3.83. The van der Waals surface area contributed by atoms with Crippen LogP contribution in [0.5, 0.6) is 5.75 Å². The van der Waals surface area contributed by atoms with E-state index < -0.39 is 0 Å². The second kappa shape index (κ2) is 7.46. The molecule has 5 rings (SSSR count). The number of carbonyl (C=O) groups is 1. The largest absolute Gasteiger partial charge is 0.494 e. The molecule has 4 heterocycles. The van der Waals surface area contributed by atoms with Gasteiger partial charge in [0.15, 0.2) is 11.6 Å². The highest BCUT2D eigenvalue weighted by molar-refractivity contribution is 6.30. The van der Waals surface area contributed by atoms with E-state index in [1.807, 2.05) is 30.3 Å². The number of methoxy groups -OCH3 is 1. The zero-order valence-corrected chi connectivity index (χ0v) is 17.0. The third-order valence-corrected chi connectivity index (χ3v) is 5.60. The SMILES string of the molecule is COc1cc(-c2cccc(Cl)c2)nc2c1N1CCC(C1)N2C(=O)Nc1cnccn1. The first-order chi connectivity index (χ1) is 14.6. The van der Waals surface area contributed by atoms with E-state index in [9.17, 15) is 4.79 Å². The van der Waals surface area contributed by atoms with Crippen LogP contribution in [0.15, 0.2) is 48.9 Å². The summed E-state index contributed by atoms with van der Waals surface area (Å²) < 4.78 is 5.71. The van der Waals surface area contributed by atoms with Gasteiger partial charge in [0.25, 0.3) is 0 Å². The van der Waals surface area contributed by atoms with Gasteiger partial charge in [-0.25, -0.2) is 14.8 Å². The van der Waals surface area contributed by atoms with Gasteiger partial charge in [0, 0.05) is 42.1 Å². The molecule has 152 valence electrons. The number of fused-ring (bicyclic) bond motifs is 4. The van der Waals surface area contributed by atoms with Gasteiger partial charge in [-0.3, -0.25) is 15.2 Å². The number of halogens is 1. The predicted molar refractivity (Wildman–Crippen MR) is 115 cm³/mol. The smallest absolute Gasteiger partial charge is 0.329 e. The topological polar surface area (TPSA) is 83.5 Å². The van der Waals surface area contributed by atoms with E-state index in [1.165, 1.54) is 12.4 Å². The number of urea groups is 1. The Hall–Kier alpha value is -3.39. The van der Waals surface area contributed by atoms with Crippen molar-refractivity contribution in [3.63, 3.8) is 0 Å². The van der Waals surface area contributed by atoms with Crippen LogP contribution >= 0.6 is 11.6 Å². The summed E-state index contributed by atoms with van der Waals surface area (Å²) >= 11 is 6.18. The number of hydrogen-bond donors (Lipinski definition) is 1. The average molecular weight is 423 g/mol. The number of nitrogens with zero attached hydrogens (tertiary/aromatic N) is 5. The lowest BCUT2D eigenvalue weighted by molar-refractivity contribution is 0.254. The van der Waals surface area contributed by atoms with Gasteiger partial charge in [-0.2, -0.15) is 0 Å². The molecule has 9 heteroatoms. The number of pyridine rings is 1. The molecule has 3 aromatic rings. The molecular formula is C21H19ClN6O2. The molecule has 8 nitrogen and oxygen atoms in total. The van der Waals surface area contributed by atoms with Crippen molar-refractivity contribution in [1.29, 1.82) is 0 Å². The maximum absolute atomic E-state index is 13.2. The van der Waals surface area contributed by atoms with E-state index in [1.54, 1.807) is 18.2 Å². The quantitative estimate of drug-likeness (QED) is 0.690. The third-order valence-electron chi connectivity index (χ3n) is 5.37. The number of rotatable bonds is 3. The lowest BCUT2D eigenvalue weighted by Crippen LogP contribution is -2.48. The molecule has 2 amide bonds. The van der Waals surface area contributed by atoms with Crippen LogP contribution in [0.4, 0.5) is 22.1 Å². The Bertz CT molecular complexity index is 1110. The number of ether oxygens (including phenoxy) is 1. The molecule has 2 aromatic heterocycles. The summed E-state index contributed by atoms with van der Waals surface area (Å²) in [5, 5.41) is 3.45. The van der Waals surface area contributed by atoms with Gasteiger partial charge in [0.2, 0.25) is 0 Å². The van der Waals surface area contributed by atoms with Crippen LogP contribution in [0.2, 0.25) is 5.02 Å². The fourth-order valence-electron chi connectivity index (χ4n) is 4.04. The molecule has 0 saturated carbocycles. The van der Waals surface area contributed by atoms with E-state index in [4.69, 9.17) is 21.3 Å². The molecule has 0 aliphatic carbocycles. The minimum absolute atomic E-state index is 0.0148. The van der Waals surface area contributed by atoms with Crippen LogP contribution < -0.4 is 19.9 Å². The molecule has 1 aromatic carbocycles. The monoisotopic (exact) mass is 422 g/mol. The summed E-state index contributed by atoms with van der Waals surface area (Å²) in [6, 6.07) is 9.08. The van der Waals surface area contributed by atoms with E-state index in [-0.39, 0.29) is 12.1 Å². The average Bonchev–Trinajstić information content (AvgIpc) is 3.17. The number of carbonyl (C=O) groups excluding carboxylic acids is 1. The molecule has 1 fully saturated rings. The highest BCUT2D eigenvalue weighted by Crippen LogP contribution is 2.46. The Morgan fingerprint density at radius 3 is 2.97 bits per heavy atom. The van der Waals surface area contributed by atoms with Crippen LogP contribution in [0.25, 0.3) is 11.3 Å². The van der Waals surface area contributed by atoms with Crippen molar-refractivity contribution in [2.24, 2.45) is 0 Å². The highest BCUT2D eigenvalue weighted by Gasteiger charge is 2.42. The second-order valence-electron chi connectivity index (χ2n) is 7.17. The molecule has 2 aliphatic rings. The molecule has 0 spiro atoms. The van der Waals surface area contributed by atoms with Crippen molar-refractivity contribution in [1.82, 2.24) is 15.0 Å². The van der Waals surface area contributed by atoms with Crippen molar-refractivity contribution in [3.8, 4) is 17.0 Å². The van der Waals surface area contributed by atoms with Crippen LogP contribution in [-0.4, -0.2) is 47.2 Å². The van der Waals surface area contributed by atoms with E-state index >= 15 is 0 Å². The molecule has 1 saturated heterocycles. The summed E-state index contributed by atoms with van der Waals surface area (Å²) in [5.41, 5.74) is 2.37. The summed E-state index contributed by atoms with van der Waals surface area (Å²) in [6.07, 6.45) is 5.46. The van der Waals surface area contributed by atoms with E-state index in [2.05, 4.69) is 20.2 Å². The number of benzene rings is 1. The lowest BCUT2D eigenvalue weighted by Gasteiger charge is -2.36. The molecule has 2 aliphatic heterocycles. The van der Waals surface area contributed by atoms with Crippen molar-refractivity contribution in [2.45, 2.75) is 12.5 Å². The molecule has 30 heavy (non-hydrogen) atoms. The normalized spacial score (nSPS) is 16.9. The number of amides is 2. The number of aromatic nitrogens is 3. The van der Waals surface area contributed by atoms with E-state index in [0.717, 1.165) is 30.8 Å². The molecule has 1 N–H and O–H groups in total. The Balaban J connectivity index is 1.61. The lowest BCUT2D eigenvalue weighted by atomic mass is 10.1. The van der Waals surface area contributed by atoms with Crippen LogP contribution in [0.1, 0.15) is 6.42 Å². The van der Waals surface area contributed by atoms with Gasteiger partial charge in [-0.1, -0.05) is 23.7 Å². The van der Waals surface area contributed by atoms with Crippen LogP contribution in [0, 0.1) is 0 Å². The highest BCUT2D eigenvalue weighted by atomic mass is 35.5. The van der Waals surface area contributed by atoms with Crippen molar-refractivity contribution in [2.75, 3.05) is 35.3 Å². The Labute approximate surface area is 178 Å². The van der Waals surface area contributed by atoms with Crippen molar-refractivity contribution >= 4 is 35.0 Å². The summed E-state index contributed by atoms with van der Waals surface area (Å²) in [5.74, 6) is 1.63. The van der Waals surface area contributed by atoms with Crippen LogP contribution in [-0.2, 0) is 0 Å². The second-order valence-corrected chi connectivity index (χ2v) is 7.61. The minimum atomic E-state index is -0.291. The van der Waals surface area contributed by atoms with Gasteiger partial charge in [-0.15, -0.1) is 0 Å². The van der Waals surface area contributed by atoms with Gasteiger partial charge in [-0.05, 0) is 18.6 Å². The number of nitrogens with one attached hydrogen (secondary N) is 1. The van der Waals surface area contributed by atoms with Gasteiger partial charge in [0.05, 0.1) is 25.0 Å². The number of hydrogen-bond acceptors (Lipinski definition) is 6. The zero-order chi connectivity index (χ0) is 20.7. The maximum Gasteiger partial charge on any atom is 0.329 e. The molecule has 1 unspecified atom stereocenters. The summed E-state index contributed by atoms with van der Waals surface area (Å²) in [7, 11) is 1.63. The maximum atomic E-state index is 13.2. The molecular weight excluding hydrogens is 404 g/mol. The third kappa shape index (κ3) is 3.19. The Kier molecular flexibility index (Phi) is 4.63. The fraction of sp³-hybridized carbons (Fsp3) is 0.238. The first-order valence-electron chi connectivity index (χ1n) is 9.60. The van der Waals surface area contributed by atoms with Crippen molar-refractivity contribution < 1.29 is 9.53 Å². The Morgan fingerprint density at radius 1 is 1.30 bits per heavy atom. The summed E-state index contributed by atoms with van der Waals surface area (Å²) in [4.78, 5) is 30.2. The van der Waals surface area contributed by atoms with Gasteiger partial charge < -0.3 is 9.64 Å². The van der Waals surface area contributed by atoms with Crippen LogP contribution in [0.3, 0.4) is 0 Å². The molecule has 2 bridgehead atoms. The number of anilines is 3. The fourth-order valence-corrected chi connectivity index (χ4v) is 4.23. The van der Waals surface area contributed by atoms with Gasteiger partial charge >= 0.3 is 6.03 Å². The standard InChI is InChI=1S/C21H19ClN6O2/c1-30-17-10-16(13-3-2-4-14(22)9-13)25-20-19(17)27-8-5-15(12-27)28(20)21(29)26-18-11-23-6-7-24-18/h2-4,6-7,9-11,15H,5,8,12H2,1H3,(H,24,26,29). The molecule has 1 atom stereocenters. The molecule has 0 radical (unpaired) electrons. The minimum Gasteiger partial charge on any atom is -0.494 e. The first-order valence-corrected chi connectivity index (χ1v) is 9.98. The zero-order valence-electron chi connectivity index (χ0n) is 16.2. The Morgan fingerprint density at radius 2 is 2.20 bits per heavy atom.